The summed E-state index contributed by atoms with van der Waals surface area (Å²) in [5.41, 5.74) is 25.7. The van der Waals surface area contributed by atoms with Crippen molar-refractivity contribution in [3.05, 3.63) is 326 Å². The lowest BCUT2D eigenvalue weighted by molar-refractivity contribution is 0.0988. The predicted molar refractivity (Wildman–Crippen MR) is 494 cm³/mol. The van der Waals surface area contributed by atoms with Crippen molar-refractivity contribution in [2.75, 3.05) is 0 Å². The summed E-state index contributed by atoms with van der Waals surface area (Å²) >= 11 is 33.6. The minimum atomic E-state index is 0.114. The van der Waals surface area contributed by atoms with E-state index in [0.29, 0.717) is 93.8 Å². The minimum Gasteiger partial charge on any atom is -0.294 e. The van der Waals surface area contributed by atoms with E-state index >= 15 is 0 Å². The molecule has 0 aliphatic carbocycles. The molecule has 0 bridgehead atoms. The molecule has 0 aliphatic heterocycles. The van der Waals surface area contributed by atoms with Crippen LogP contribution in [0.1, 0.15) is 46.0 Å². The van der Waals surface area contributed by atoms with Crippen molar-refractivity contribution in [1.29, 1.82) is 0 Å². The number of carbonyl (C=O) groups excluding carboxylic acids is 1. The lowest BCUT2D eigenvalue weighted by atomic mass is 10.0. The van der Waals surface area contributed by atoms with Crippen LogP contribution in [0.15, 0.2) is 273 Å². The Balaban J connectivity index is 0.000000114. The molecule has 0 saturated carbocycles. The van der Waals surface area contributed by atoms with Gasteiger partial charge >= 0.3 is 0 Å². The maximum absolute atomic E-state index is 11.9. The molecular formula is C97H77Cl5N20O. The second-order valence-electron chi connectivity index (χ2n) is 29.3. The molecule has 0 radical (unpaired) electrons. The van der Waals surface area contributed by atoms with Crippen LogP contribution in [0.4, 0.5) is 0 Å². The number of fused-ring (bicyclic) bond motifs is 5. The van der Waals surface area contributed by atoms with Gasteiger partial charge in [0.2, 0.25) is 0 Å². The van der Waals surface area contributed by atoms with Gasteiger partial charge < -0.3 is 0 Å². The molecule has 10 aromatic carbocycles. The summed E-state index contributed by atoms with van der Waals surface area (Å²) in [6.45, 7) is 10.1. The highest BCUT2D eigenvalue weighted by Crippen LogP contribution is 2.44. The molecule has 0 fully saturated rings. The van der Waals surface area contributed by atoms with Crippen LogP contribution >= 0.6 is 58.0 Å². The van der Waals surface area contributed by atoms with Gasteiger partial charge in [0.15, 0.2) is 34.0 Å². The van der Waals surface area contributed by atoms with E-state index in [0.717, 1.165) is 117 Å². The van der Waals surface area contributed by atoms with E-state index in [1.54, 1.807) is 23.4 Å². The van der Waals surface area contributed by atoms with Crippen LogP contribution in [0.5, 0.6) is 0 Å². The number of aryl methyl sites for hydroxylation is 9. The Morgan fingerprint density at radius 3 is 0.683 bits per heavy atom. The quantitative estimate of drug-likeness (QED) is 0.103. The largest absolute Gasteiger partial charge is 0.294 e. The number of Topliss-reactive ketones (excluding diaryl/α,β-unsaturated/α-hetero) is 1. The molecule has 606 valence electrons. The first kappa shape index (κ1) is 82.8. The number of hydrogen-bond acceptors (Lipinski definition) is 16. The first-order chi connectivity index (χ1) is 59.7. The van der Waals surface area contributed by atoms with Crippen LogP contribution in [-0.2, 0) is 35.2 Å². The smallest absolute Gasteiger partial charge is 0.182 e. The van der Waals surface area contributed by atoms with Gasteiger partial charge in [-0.2, -0.15) is 25.5 Å². The molecule has 20 rings (SSSR count). The fourth-order valence-electron chi connectivity index (χ4n) is 14.3. The molecule has 0 amide bonds. The molecule has 0 spiro atoms. The van der Waals surface area contributed by atoms with Crippen LogP contribution in [-0.4, -0.2) is 106 Å². The van der Waals surface area contributed by atoms with Gasteiger partial charge in [-0.1, -0.05) is 355 Å². The van der Waals surface area contributed by atoms with E-state index < -0.39 is 0 Å². The van der Waals surface area contributed by atoms with Crippen molar-refractivity contribution in [2.45, 2.75) is 41.0 Å². The van der Waals surface area contributed by atoms with Crippen molar-refractivity contribution in [1.82, 2.24) is 99.9 Å². The molecule has 0 unspecified atom stereocenters. The van der Waals surface area contributed by atoms with Crippen molar-refractivity contribution in [3.8, 4) is 113 Å². The summed E-state index contributed by atoms with van der Waals surface area (Å²) < 4.78 is 8.56. The van der Waals surface area contributed by atoms with Gasteiger partial charge in [-0.15, -0.1) is 51.0 Å². The molecule has 10 heterocycles. The Morgan fingerprint density at radius 1 is 0.244 bits per heavy atom. The van der Waals surface area contributed by atoms with Crippen LogP contribution < -0.4 is 0 Å². The number of ketones is 1. The number of carbonyl (C=O) groups is 1. The SMILES string of the molecule is CCC(=O)c1ccc(-c2nn(C)c3nnc(-c4ccccc4)c(Cl)c23)cc1.Cc1ccc(-c2nn(C)c3nnc(-c4ccccc4)c(Cl)c23)cc1.Cc1ccc(-c2nn(C)c3nnc(-c4ccccc4)c(Cl)c23)cc1.Cc1ccc(-c2nn(C)c3nnc(-c4ccccc4)c(Cl)c23)cc1.Cc1ccccc1-c1nn(C)c2nnc(-c3ccccc3)c(Cl)c12. The molecule has 0 saturated heterocycles. The monoisotopic (exact) mass is 1710 g/mol. The molecule has 20 aromatic rings. The lowest BCUT2D eigenvalue weighted by Gasteiger charge is -2.06. The Labute approximate surface area is 733 Å². The maximum atomic E-state index is 11.9. The third kappa shape index (κ3) is 16.9. The van der Waals surface area contributed by atoms with Crippen molar-refractivity contribution >= 4 is 119 Å². The summed E-state index contributed by atoms with van der Waals surface area (Å²) in [7, 11) is 9.24. The van der Waals surface area contributed by atoms with Gasteiger partial charge in [0.25, 0.3) is 0 Å². The van der Waals surface area contributed by atoms with E-state index in [4.69, 9.17) is 58.0 Å². The number of nitrogens with zero attached hydrogens (tertiary/aromatic N) is 20. The first-order valence-corrected chi connectivity index (χ1v) is 41.2. The zero-order valence-corrected chi connectivity index (χ0v) is 72.2. The fourth-order valence-corrected chi connectivity index (χ4v) is 16.0. The average molecular weight is 1720 g/mol. The number of rotatable bonds is 12. The van der Waals surface area contributed by atoms with Crippen LogP contribution in [0.2, 0.25) is 25.1 Å². The van der Waals surface area contributed by atoms with E-state index in [1.165, 1.54) is 16.7 Å². The zero-order chi connectivity index (χ0) is 85.7. The van der Waals surface area contributed by atoms with Crippen LogP contribution in [0, 0.1) is 27.7 Å². The topological polar surface area (TPSA) is 235 Å². The number of aromatic nitrogens is 20. The Hall–Kier alpha value is -13.9. The lowest BCUT2D eigenvalue weighted by Crippen LogP contribution is -1.95. The van der Waals surface area contributed by atoms with Crippen molar-refractivity contribution in [3.63, 3.8) is 0 Å². The second kappa shape index (κ2) is 36.2. The number of benzene rings is 10. The highest BCUT2D eigenvalue weighted by Gasteiger charge is 2.27. The van der Waals surface area contributed by atoms with Crippen molar-refractivity contribution in [2.24, 2.45) is 35.2 Å². The Kier molecular flexibility index (Phi) is 24.3. The first-order valence-electron chi connectivity index (χ1n) is 39.3. The number of hydrogen-bond donors (Lipinski definition) is 0. The standard InChI is InChI=1S/C21H17ClN4O.4C19H15ClN4/c1-3-16(27)13-9-11-15(12-10-13)19-17-18(22)20(14-7-5-4-6-8-14)23-24-21(17)26(2)25-19;1-12-8-6-7-11-14(12)18-15-16(20)17(13-9-4-3-5-10-13)21-22-19(15)24(2)23-18;3*1-12-8-10-14(11-9-12)17-15-16(20)18(13-6-4-3-5-7-13)21-22-19(15)24(2)23-17/h4-12H,3H2,1-2H3;4*3-11H,1-2H3. The summed E-state index contributed by atoms with van der Waals surface area (Å²) in [5, 5.41) is 73.3. The highest BCUT2D eigenvalue weighted by atomic mass is 35.5. The van der Waals surface area contributed by atoms with E-state index in [9.17, 15) is 4.79 Å². The van der Waals surface area contributed by atoms with Crippen LogP contribution in [0.25, 0.3) is 168 Å². The minimum absolute atomic E-state index is 0.114. The highest BCUT2D eigenvalue weighted by molar-refractivity contribution is 6.41. The molecule has 10 aromatic heterocycles. The van der Waals surface area contributed by atoms with Gasteiger partial charge in [-0.3, -0.25) is 4.79 Å². The van der Waals surface area contributed by atoms with E-state index in [-0.39, 0.29) is 5.78 Å². The Morgan fingerprint density at radius 2 is 0.447 bits per heavy atom. The molecule has 21 nitrogen and oxygen atoms in total. The number of halogens is 5. The van der Waals surface area contributed by atoms with Gasteiger partial charge in [-0.05, 0) is 33.3 Å². The van der Waals surface area contributed by atoms with Gasteiger partial charge in [0, 0.05) is 103 Å². The average Bonchev–Trinajstić information content (AvgIpc) is 1.70. The zero-order valence-electron chi connectivity index (χ0n) is 68.4. The second-order valence-corrected chi connectivity index (χ2v) is 31.2. The van der Waals surface area contributed by atoms with Crippen molar-refractivity contribution < 1.29 is 4.79 Å². The normalized spacial score (nSPS) is 11.1. The summed E-state index contributed by atoms with van der Waals surface area (Å²) in [6.07, 6.45) is 0.480. The molecular weight excluding hydrogens is 1640 g/mol. The fraction of sp³-hybridized carbons (Fsp3) is 0.113. The summed E-state index contributed by atoms with van der Waals surface area (Å²) in [5.74, 6) is 0.114. The van der Waals surface area contributed by atoms with Gasteiger partial charge in [0.1, 0.15) is 56.9 Å². The molecule has 0 aliphatic rings. The molecule has 123 heavy (non-hydrogen) atoms. The summed E-state index contributed by atoms with van der Waals surface area (Å²) in [6, 6.07) is 89.3. The third-order valence-corrected chi connectivity index (χ3v) is 22.7. The van der Waals surface area contributed by atoms with E-state index in [1.807, 2.05) is 230 Å². The van der Waals surface area contributed by atoms with Crippen LogP contribution in [0.3, 0.4) is 0 Å². The van der Waals surface area contributed by atoms with Gasteiger partial charge in [0.05, 0.1) is 52.0 Å². The Bertz CT molecular complexity index is 6850. The van der Waals surface area contributed by atoms with Gasteiger partial charge in [-0.25, -0.2) is 23.4 Å². The third-order valence-electron chi connectivity index (χ3n) is 20.9. The molecule has 26 heteroatoms. The predicted octanol–water partition coefficient (Wildman–Crippen LogP) is 23.6. The summed E-state index contributed by atoms with van der Waals surface area (Å²) in [4.78, 5) is 11.9. The molecule has 0 atom stereocenters. The van der Waals surface area contributed by atoms with E-state index in [2.05, 4.69) is 189 Å². The molecule has 0 N–H and O–H groups in total. The maximum Gasteiger partial charge on any atom is 0.182 e.